The van der Waals surface area contributed by atoms with Crippen LogP contribution in [0, 0.1) is 0 Å². The van der Waals surface area contributed by atoms with Crippen molar-refractivity contribution < 1.29 is 9.53 Å². The lowest BCUT2D eigenvalue weighted by Gasteiger charge is -2.16. The van der Waals surface area contributed by atoms with Gasteiger partial charge in [-0.3, -0.25) is 4.79 Å². The van der Waals surface area contributed by atoms with E-state index in [4.69, 9.17) is 22.1 Å². The van der Waals surface area contributed by atoms with E-state index in [-0.39, 0.29) is 12.1 Å². The molecule has 2 N–H and O–H groups in total. The summed E-state index contributed by atoms with van der Waals surface area (Å²) in [5, 5.41) is 0.439. The van der Waals surface area contributed by atoms with Crippen LogP contribution in [0.3, 0.4) is 0 Å². The summed E-state index contributed by atoms with van der Waals surface area (Å²) in [4.78, 5) is 11.9. The number of unbranched alkanes of at least 4 members (excludes halogenated alkanes) is 37. The molecule has 58 heavy (non-hydrogen) atoms. The number of esters is 1. The van der Waals surface area contributed by atoms with Crippen molar-refractivity contribution in [3.8, 4) is 0 Å². The van der Waals surface area contributed by atoms with Gasteiger partial charge in [0.2, 0.25) is 0 Å². The number of carbonyl (C=O) groups is 1. The predicted octanol–water partition coefficient (Wildman–Crippen LogP) is 19.5. The Morgan fingerprint density at radius 3 is 0.931 bits per heavy atom. The van der Waals surface area contributed by atoms with E-state index in [1.54, 1.807) is 0 Å². The molecule has 0 bridgehead atoms. The standard InChI is InChI=1S/C33H67Cl.C21H43NO2/c1-3-5-7-9-11-13-15-17-19-21-23-25-27-29-31-33(34)32-30-28-26-24-22-20-18-16-14-12-10-8-6-4-2;1-3-5-6-7-12-15-18-21(23)24-20(4-2)17-14-11-9-8-10-13-16-19-22/h33H,3-32H2,1-2H3;20H,3-19,22H2,1-2H3. The van der Waals surface area contributed by atoms with E-state index in [1.807, 2.05) is 0 Å². The fourth-order valence-electron chi connectivity index (χ4n) is 8.31. The van der Waals surface area contributed by atoms with Gasteiger partial charge in [-0.05, 0) is 51.5 Å². The molecule has 0 radical (unpaired) electrons. The molecule has 0 rings (SSSR count). The average Bonchev–Trinajstić information content (AvgIpc) is 3.23. The van der Waals surface area contributed by atoms with E-state index in [9.17, 15) is 4.79 Å². The highest BCUT2D eigenvalue weighted by Gasteiger charge is 2.12. The molecule has 0 aliphatic carbocycles. The minimum Gasteiger partial charge on any atom is -0.462 e. The second-order valence-electron chi connectivity index (χ2n) is 18.5. The number of halogens is 1. The molecule has 4 heteroatoms. The molecular formula is C54H110ClNO2. The molecule has 0 saturated carbocycles. The van der Waals surface area contributed by atoms with Gasteiger partial charge in [0, 0.05) is 11.8 Å². The van der Waals surface area contributed by atoms with Gasteiger partial charge in [-0.2, -0.15) is 0 Å². The van der Waals surface area contributed by atoms with E-state index in [0.29, 0.717) is 11.8 Å². The Morgan fingerprint density at radius 2 is 0.638 bits per heavy atom. The number of carbonyl (C=O) groups excluding carboxylic acids is 1. The molecule has 0 spiro atoms. The highest BCUT2D eigenvalue weighted by atomic mass is 35.5. The summed E-state index contributed by atoms with van der Waals surface area (Å²) in [5.41, 5.74) is 5.50. The first kappa shape index (κ1) is 59.8. The second kappa shape index (κ2) is 54.7. The van der Waals surface area contributed by atoms with Crippen molar-refractivity contribution in [3.05, 3.63) is 0 Å². The third-order valence-corrected chi connectivity index (χ3v) is 12.9. The summed E-state index contributed by atoms with van der Waals surface area (Å²) < 4.78 is 5.63. The number of nitrogens with two attached hydrogens (primary N) is 1. The van der Waals surface area contributed by atoms with Gasteiger partial charge in [-0.25, -0.2) is 0 Å². The molecular weight excluding hydrogens is 730 g/mol. The summed E-state index contributed by atoms with van der Waals surface area (Å²) in [5.74, 6) is 0.0131. The summed E-state index contributed by atoms with van der Waals surface area (Å²) in [7, 11) is 0. The fourth-order valence-corrected chi connectivity index (χ4v) is 8.61. The smallest absolute Gasteiger partial charge is 0.306 e. The highest BCUT2D eigenvalue weighted by molar-refractivity contribution is 6.20. The number of alkyl halides is 1. The summed E-state index contributed by atoms with van der Waals surface area (Å²) in [6, 6.07) is 0. The second-order valence-corrected chi connectivity index (χ2v) is 19.1. The molecule has 3 nitrogen and oxygen atoms in total. The number of hydrogen-bond donors (Lipinski definition) is 1. The van der Waals surface area contributed by atoms with Crippen molar-refractivity contribution in [1.29, 1.82) is 0 Å². The molecule has 0 aliphatic rings. The van der Waals surface area contributed by atoms with E-state index < -0.39 is 0 Å². The molecule has 0 aromatic heterocycles. The first-order valence-corrected chi connectivity index (χ1v) is 27.5. The van der Waals surface area contributed by atoms with Crippen molar-refractivity contribution >= 4 is 17.6 Å². The van der Waals surface area contributed by atoms with Gasteiger partial charge < -0.3 is 10.5 Å². The largest absolute Gasteiger partial charge is 0.462 e. The summed E-state index contributed by atoms with van der Waals surface area (Å²) in [6.45, 7) is 9.77. The number of ether oxygens (including phenoxy) is 1. The van der Waals surface area contributed by atoms with Gasteiger partial charge in [-0.15, -0.1) is 11.6 Å². The van der Waals surface area contributed by atoms with Crippen molar-refractivity contribution in [2.24, 2.45) is 5.73 Å². The maximum absolute atomic E-state index is 11.9. The Bertz CT molecular complexity index is 700. The molecule has 0 amide bonds. The molecule has 0 heterocycles. The Labute approximate surface area is 372 Å². The zero-order chi connectivity index (χ0) is 42.7. The number of hydrogen-bond acceptors (Lipinski definition) is 3. The normalized spacial score (nSPS) is 11.9. The molecule has 1 atom stereocenters. The van der Waals surface area contributed by atoms with Crippen LogP contribution in [-0.4, -0.2) is 24.0 Å². The maximum Gasteiger partial charge on any atom is 0.306 e. The van der Waals surface area contributed by atoms with Crippen LogP contribution in [0.15, 0.2) is 0 Å². The monoisotopic (exact) mass is 840 g/mol. The average molecular weight is 841 g/mol. The Kier molecular flexibility index (Phi) is 56.4. The van der Waals surface area contributed by atoms with E-state index in [2.05, 4.69) is 27.7 Å². The third-order valence-electron chi connectivity index (χ3n) is 12.5. The van der Waals surface area contributed by atoms with Crippen LogP contribution in [0.5, 0.6) is 0 Å². The first-order chi connectivity index (χ1) is 28.5. The van der Waals surface area contributed by atoms with Crippen molar-refractivity contribution in [3.63, 3.8) is 0 Å². The lowest BCUT2D eigenvalue weighted by Crippen LogP contribution is -2.17. The molecule has 0 saturated heterocycles. The van der Waals surface area contributed by atoms with Gasteiger partial charge in [0.1, 0.15) is 6.10 Å². The number of rotatable bonds is 48. The predicted molar refractivity (Wildman–Crippen MR) is 264 cm³/mol. The highest BCUT2D eigenvalue weighted by Crippen LogP contribution is 2.20. The van der Waals surface area contributed by atoms with Crippen LogP contribution < -0.4 is 5.73 Å². The SMILES string of the molecule is CCCCCCCCC(=O)OC(CC)CCCCCCCCCN.CCCCCCCCCCCCCCCCC(Cl)CCCCCCCCCCCCCCCC. The van der Waals surface area contributed by atoms with Crippen LogP contribution in [0.25, 0.3) is 0 Å². The van der Waals surface area contributed by atoms with Gasteiger partial charge >= 0.3 is 5.97 Å². The van der Waals surface area contributed by atoms with Crippen LogP contribution in [0.1, 0.15) is 323 Å². The quantitative estimate of drug-likeness (QED) is 0.0377. The van der Waals surface area contributed by atoms with Gasteiger partial charge in [-0.1, -0.05) is 272 Å². The lowest BCUT2D eigenvalue weighted by molar-refractivity contribution is -0.149. The molecule has 0 aromatic rings. The molecule has 350 valence electrons. The van der Waals surface area contributed by atoms with Crippen LogP contribution in [0.4, 0.5) is 0 Å². The third kappa shape index (κ3) is 53.7. The Morgan fingerprint density at radius 1 is 0.379 bits per heavy atom. The minimum absolute atomic E-state index is 0.0131. The molecule has 1 unspecified atom stereocenters. The lowest BCUT2D eigenvalue weighted by atomic mass is 10.0. The zero-order valence-electron chi connectivity index (χ0n) is 40.7. The molecule has 0 fully saturated rings. The van der Waals surface area contributed by atoms with Crippen molar-refractivity contribution in [1.82, 2.24) is 0 Å². The maximum atomic E-state index is 11.9. The van der Waals surface area contributed by atoms with Gasteiger partial charge in [0.25, 0.3) is 0 Å². The Hall–Kier alpha value is -0.280. The van der Waals surface area contributed by atoms with Crippen molar-refractivity contribution in [2.45, 2.75) is 335 Å². The minimum atomic E-state index is 0.0131. The topological polar surface area (TPSA) is 52.3 Å². The Balaban J connectivity index is 0. The molecule has 0 aliphatic heterocycles. The van der Waals surface area contributed by atoms with Gasteiger partial charge in [0.05, 0.1) is 0 Å². The van der Waals surface area contributed by atoms with Crippen LogP contribution in [0.2, 0.25) is 0 Å². The fraction of sp³-hybridized carbons (Fsp3) is 0.981. The first-order valence-electron chi connectivity index (χ1n) is 27.1. The van der Waals surface area contributed by atoms with E-state index >= 15 is 0 Å². The van der Waals surface area contributed by atoms with Crippen molar-refractivity contribution in [2.75, 3.05) is 6.54 Å². The zero-order valence-corrected chi connectivity index (χ0v) is 41.4. The van der Waals surface area contributed by atoms with Gasteiger partial charge in [0.15, 0.2) is 0 Å². The van der Waals surface area contributed by atoms with Crippen LogP contribution >= 0.6 is 11.6 Å². The summed E-state index contributed by atoms with van der Waals surface area (Å²) in [6.07, 6.45) is 61.6. The summed E-state index contributed by atoms with van der Waals surface area (Å²) >= 11 is 6.58. The van der Waals surface area contributed by atoms with Crippen LogP contribution in [-0.2, 0) is 9.53 Å². The van der Waals surface area contributed by atoms with E-state index in [1.165, 1.54) is 257 Å². The molecule has 0 aromatic carbocycles. The van der Waals surface area contributed by atoms with E-state index in [0.717, 1.165) is 38.6 Å².